The van der Waals surface area contributed by atoms with Gasteiger partial charge in [0.2, 0.25) is 0 Å². The Morgan fingerprint density at radius 1 is 1.39 bits per heavy atom. The normalized spacial score (nSPS) is 10.6. The van der Waals surface area contributed by atoms with Crippen LogP contribution in [0.4, 0.5) is 5.82 Å². The number of hydrogen-bond acceptors (Lipinski definition) is 3. The third-order valence-corrected chi connectivity index (χ3v) is 2.91. The first-order valence-corrected chi connectivity index (χ1v) is 6.09. The number of fused-ring (bicyclic) bond motifs is 1. The molecule has 0 spiro atoms. The Bertz CT molecular complexity index is 551. The summed E-state index contributed by atoms with van der Waals surface area (Å²) < 4.78 is 0. The van der Waals surface area contributed by atoms with Gasteiger partial charge in [-0.1, -0.05) is 24.3 Å². The second-order valence-electron chi connectivity index (χ2n) is 4.28. The van der Waals surface area contributed by atoms with E-state index in [1.54, 1.807) is 0 Å². The highest BCUT2D eigenvalue weighted by atomic mass is 16.3. The molecule has 0 unspecified atom stereocenters. The summed E-state index contributed by atoms with van der Waals surface area (Å²) >= 11 is 0. The van der Waals surface area contributed by atoms with Crippen LogP contribution in [0.15, 0.2) is 43.0 Å². The minimum absolute atomic E-state index is 0.113. The van der Waals surface area contributed by atoms with Crippen molar-refractivity contribution in [3.63, 3.8) is 0 Å². The molecule has 0 saturated carbocycles. The second kappa shape index (κ2) is 5.65. The van der Waals surface area contributed by atoms with Crippen molar-refractivity contribution in [2.75, 3.05) is 24.6 Å². The Hall–Kier alpha value is -1.87. The van der Waals surface area contributed by atoms with Crippen molar-refractivity contribution in [3.05, 3.63) is 48.6 Å². The van der Waals surface area contributed by atoms with Crippen molar-refractivity contribution in [1.82, 2.24) is 4.98 Å². The maximum absolute atomic E-state index is 9.13. The lowest BCUT2D eigenvalue weighted by molar-refractivity contribution is 0.302. The minimum Gasteiger partial charge on any atom is -0.395 e. The molecule has 0 aliphatic heterocycles. The van der Waals surface area contributed by atoms with E-state index in [1.807, 2.05) is 36.1 Å². The molecule has 0 bridgehead atoms. The Kier molecular flexibility index (Phi) is 3.95. The van der Waals surface area contributed by atoms with Crippen molar-refractivity contribution >= 4 is 16.7 Å². The van der Waals surface area contributed by atoms with Crippen LogP contribution >= 0.6 is 0 Å². The standard InChI is InChI=1S/C15H18N2O/c1-3-8-17(9-10-18)15-12(2)11-13-6-4-5-7-14(13)16-15/h3-7,11,18H,1,8-10H2,2H3. The number of aromatic nitrogens is 1. The molecule has 18 heavy (non-hydrogen) atoms. The lowest BCUT2D eigenvalue weighted by Gasteiger charge is -2.23. The van der Waals surface area contributed by atoms with E-state index in [4.69, 9.17) is 5.11 Å². The van der Waals surface area contributed by atoms with E-state index in [1.165, 1.54) is 0 Å². The molecule has 1 aromatic heterocycles. The van der Waals surface area contributed by atoms with E-state index in [0.717, 1.165) is 22.3 Å². The summed E-state index contributed by atoms with van der Waals surface area (Å²) in [6.45, 7) is 7.16. The zero-order valence-electron chi connectivity index (χ0n) is 10.6. The van der Waals surface area contributed by atoms with E-state index >= 15 is 0 Å². The number of aliphatic hydroxyl groups is 1. The summed E-state index contributed by atoms with van der Waals surface area (Å²) in [4.78, 5) is 6.72. The molecule has 1 heterocycles. The summed E-state index contributed by atoms with van der Waals surface area (Å²) in [7, 11) is 0. The van der Waals surface area contributed by atoms with Crippen LogP contribution in [0.3, 0.4) is 0 Å². The minimum atomic E-state index is 0.113. The average molecular weight is 242 g/mol. The number of rotatable bonds is 5. The topological polar surface area (TPSA) is 36.4 Å². The number of anilines is 1. The zero-order valence-corrected chi connectivity index (χ0v) is 10.6. The molecule has 3 heteroatoms. The van der Waals surface area contributed by atoms with Gasteiger partial charge in [0.1, 0.15) is 5.82 Å². The van der Waals surface area contributed by atoms with Crippen LogP contribution in [-0.2, 0) is 0 Å². The molecule has 3 nitrogen and oxygen atoms in total. The first kappa shape index (κ1) is 12.6. The van der Waals surface area contributed by atoms with Crippen molar-refractivity contribution in [1.29, 1.82) is 0 Å². The van der Waals surface area contributed by atoms with Crippen LogP contribution in [0.25, 0.3) is 10.9 Å². The van der Waals surface area contributed by atoms with Gasteiger partial charge in [0.25, 0.3) is 0 Å². The molecule has 1 N–H and O–H groups in total. The van der Waals surface area contributed by atoms with Gasteiger partial charge in [-0.15, -0.1) is 6.58 Å². The van der Waals surface area contributed by atoms with E-state index in [0.29, 0.717) is 13.1 Å². The van der Waals surface area contributed by atoms with Crippen LogP contribution in [0.5, 0.6) is 0 Å². The van der Waals surface area contributed by atoms with E-state index in [9.17, 15) is 0 Å². The number of aryl methyl sites for hydroxylation is 1. The lowest BCUT2D eigenvalue weighted by Crippen LogP contribution is -2.28. The van der Waals surface area contributed by atoms with Gasteiger partial charge < -0.3 is 10.0 Å². The van der Waals surface area contributed by atoms with Gasteiger partial charge >= 0.3 is 0 Å². The predicted molar refractivity (Wildman–Crippen MR) is 76.0 cm³/mol. The van der Waals surface area contributed by atoms with E-state index < -0.39 is 0 Å². The Labute approximate surface area is 107 Å². The first-order valence-electron chi connectivity index (χ1n) is 6.09. The van der Waals surface area contributed by atoms with Crippen LogP contribution < -0.4 is 4.90 Å². The van der Waals surface area contributed by atoms with Gasteiger partial charge in [-0.25, -0.2) is 4.98 Å². The second-order valence-corrected chi connectivity index (χ2v) is 4.28. The van der Waals surface area contributed by atoms with Crippen molar-refractivity contribution in [2.24, 2.45) is 0 Å². The van der Waals surface area contributed by atoms with E-state index in [-0.39, 0.29) is 6.61 Å². The third kappa shape index (κ3) is 2.51. The molecule has 0 aliphatic rings. The maximum atomic E-state index is 9.13. The van der Waals surface area contributed by atoms with E-state index in [2.05, 4.69) is 23.7 Å². The van der Waals surface area contributed by atoms with Crippen molar-refractivity contribution < 1.29 is 5.11 Å². The van der Waals surface area contributed by atoms with Crippen molar-refractivity contribution in [2.45, 2.75) is 6.92 Å². The third-order valence-electron chi connectivity index (χ3n) is 2.91. The molecule has 0 fully saturated rings. The Morgan fingerprint density at radius 3 is 2.89 bits per heavy atom. The average Bonchev–Trinajstić information content (AvgIpc) is 2.38. The molecule has 2 rings (SSSR count). The highest BCUT2D eigenvalue weighted by Crippen LogP contribution is 2.22. The van der Waals surface area contributed by atoms with Gasteiger partial charge in [-0.2, -0.15) is 0 Å². The van der Waals surface area contributed by atoms with Gasteiger partial charge in [-0.05, 0) is 24.6 Å². The molecule has 1 aromatic carbocycles. The molecule has 94 valence electrons. The number of nitrogens with zero attached hydrogens (tertiary/aromatic N) is 2. The summed E-state index contributed by atoms with van der Waals surface area (Å²) in [5, 5.41) is 10.3. The number of hydrogen-bond donors (Lipinski definition) is 1. The highest BCUT2D eigenvalue weighted by molar-refractivity contribution is 5.81. The van der Waals surface area contributed by atoms with Gasteiger partial charge in [0.05, 0.1) is 12.1 Å². The fourth-order valence-corrected chi connectivity index (χ4v) is 2.09. The summed E-state index contributed by atoms with van der Waals surface area (Å²) in [6.07, 6.45) is 1.83. The number of pyridine rings is 1. The molecule has 0 radical (unpaired) electrons. The van der Waals surface area contributed by atoms with Crippen LogP contribution in [0.2, 0.25) is 0 Å². The number of para-hydroxylation sites is 1. The van der Waals surface area contributed by atoms with Crippen LogP contribution in [0.1, 0.15) is 5.56 Å². The lowest BCUT2D eigenvalue weighted by atomic mass is 10.1. The Morgan fingerprint density at radius 2 is 2.17 bits per heavy atom. The molecule has 0 atom stereocenters. The number of benzene rings is 1. The summed E-state index contributed by atoms with van der Waals surface area (Å²) in [5.41, 5.74) is 2.09. The monoisotopic (exact) mass is 242 g/mol. The van der Waals surface area contributed by atoms with Crippen LogP contribution in [0, 0.1) is 6.92 Å². The SMILES string of the molecule is C=CCN(CCO)c1nc2ccccc2cc1C. The first-order chi connectivity index (χ1) is 8.76. The molecule has 0 aliphatic carbocycles. The smallest absolute Gasteiger partial charge is 0.132 e. The fourth-order valence-electron chi connectivity index (χ4n) is 2.09. The number of aliphatic hydroxyl groups excluding tert-OH is 1. The fraction of sp³-hybridized carbons (Fsp3) is 0.267. The predicted octanol–water partition coefficient (Wildman–Crippen LogP) is 2.53. The van der Waals surface area contributed by atoms with Gasteiger partial charge in [0.15, 0.2) is 0 Å². The molecule has 0 amide bonds. The summed E-state index contributed by atoms with van der Waals surface area (Å²) in [5.74, 6) is 0.919. The van der Waals surface area contributed by atoms with Gasteiger partial charge in [-0.3, -0.25) is 0 Å². The Balaban J connectivity index is 2.47. The molecular formula is C15H18N2O. The van der Waals surface area contributed by atoms with Crippen LogP contribution in [-0.4, -0.2) is 29.8 Å². The largest absolute Gasteiger partial charge is 0.395 e. The molecular weight excluding hydrogens is 224 g/mol. The van der Waals surface area contributed by atoms with Gasteiger partial charge in [0, 0.05) is 18.5 Å². The molecule has 0 saturated heterocycles. The zero-order chi connectivity index (χ0) is 13.0. The van der Waals surface area contributed by atoms with Crippen molar-refractivity contribution in [3.8, 4) is 0 Å². The molecule has 2 aromatic rings. The quantitative estimate of drug-likeness (QED) is 0.818. The maximum Gasteiger partial charge on any atom is 0.132 e. The summed E-state index contributed by atoms with van der Waals surface area (Å²) in [6, 6.07) is 10.2. The highest BCUT2D eigenvalue weighted by Gasteiger charge is 2.10.